The third-order valence-electron chi connectivity index (χ3n) is 4.23. The van der Waals surface area contributed by atoms with Gasteiger partial charge in [0.15, 0.2) is 17.3 Å². The van der Waals surface area contributed by atoms with Gasteiger partial charge in [-0.25, -0.2) is 0 Å². The van der Waals surface area contributed by atoms with E-state index in [0.29, 0.717) is 11.1 Å². The summed E-state index contributed by atoms with van der Waals surface area (Å²) in [5, 5.41) is 0. The maximum Gasteiger partial charge on any atom is 0.196 e. The van der Waals surface area contributed by atoms with Crippen molar-refractivity contribution in [3.8, 4) is 0 Å². The minimum absolute atomic E-state index is 0.0596. The third-order valence-corrected chi connectivity index (χ3v) is 4.23. The Bertz CT molecular complexity index is 980. The van der Waals surface area contributed by atoms with Gasteiger partial charge >= 0.3 is 0 Å². The summed E-state index contributed by atoms with van der Waals surface area (Å²) in [7, 11) is 0. The molecule has 0 bridgehead atoms. The van der Waals surface area contributed by atoms with Crippen molar-refractivity contribution in [1.82, 2.24) is 0 Å². The Morgan fingerprint density at radius 3 is 1.79 bits per heavy atom. The Morgan fingerprint density at radius 2 is 1.28 bits per heavy atom. The van der Waals surface area contributed by atoms with Crippen molar-refractivity contribution >= 4 is 23.1 Å². The molecule has 0 N–H and O–H groups in total. The van der Waals surface area contributed by atoms with Crippen LogP contribution in [0.5, 0.6) is 0 Å². The Kier molecular flexibility index (Phi) is 7.92. The minimum Gasteiger partial charge on any atom is -0.299 e. The zero-order valence-corrected chi connectivity index (χ0v) is 16.4. The molecule has 146 valence electrons. The maximum absolute atomic E-state index is 12.5. The highest BCUT2D eigenvalue weighted by atomic mass is 16.2. The second kappa shape index (κ2) is 10.6. The van der Waals surface area contributed by atoms with Gasteiger partial charge in [-0.05, 0) is 19.9 Å². The Balaban J connectivity index is 2.15. The summed E-state index contributed by atoms with van der Waals surface area (Å²) in [6.45, 7) is 2.70. The summed E-state index contributed by atoms with van der Waals surface area (Å²) < 4.78 is 0. The standard InChI is InChI=1S/C25H22O4/c1-18(26)22(24(28)20-12-6-3-7-13-20)16-10-5-11-17-23(19(2)27)25(29)21-14-8-4-9-15-21/h3-17,22H,1-2H3. The van der Waals surface area contributed by atoms with E-state index in [4.69, 9.17) is 0 Å². The molecule has 0 aromatic heterocycles. The number of carbonyl (C=O) groups excluding carboxylic acids is 4. The van der Waals surface area contributed by atoms with Crippen molar-refractivity contribution in [2.45, 2.75) is 13.8 Å². The molecule has 2 rings (SSSR count). The molecule has 0 aliphatic carbocycles. The van der Waals surface area contributed by atoms with Gasteiger partial charge in [0.1, 0.15) is 5.78 Å². The van der Waals surface area contributed by atoms with Gasteiger partial charge in [-0.15, -0.1) is 0 Å². The maximum atomic E-state index is 12.5. The fourth-order valence-electron chi connectivity index (χ4n) is 2.68. The van der Waals surface area contributed by atoms with Gasteiger partial charge in [0.25, 0.3) is 0 Å². The zero-order valence-electron chi connectivity index (χ0n) is 16.4. The van der Waals surface area contributed by atoms with Gasteiger partial charge in [-0.1, -0.05) is 85.0 Å². The zero-order chi connectivity index (χ0) is 21.2. The van der Waals surface area contributed by atoms with Crippen molar-refractivity contribution in [2.75, 3.05) is 0 Å². The van der Waals surface area contributed by atoms with E-state index in [1.807, 2.05) is 0 Å². The van der Waals surface area contributed by atoms with Crippen molar-refractivity contribution < 1.29 is 19.2 Å². The predicted molar refractivity (Wildman–Crippen MR) is 113 cm³/mol. The lowest BCUT2D eigenvalue weighted by atomic mass is 9.94. The first kappa shape index (κ1) is 21.6. The van der Waals surface area contributed by atoms with E-state index in [1.165, 1.54) is 32.1 Å². The van der Waals surface area contributed by atoms with Crippen LogP contribution in [-0.4, -0.2) is 23.1 Å². The number of ketones is 4. The van der Waals surface area contributed by atoms with Crippen LogP contribution in [0.25, 0.3) is 0 Å². The number of benzene rings is 2. The van der Waals surface area contributed by atoms with Gasteiger partial charge in [-0.3, -0.25) is 19.2 Å². The van der Waals surface area contributed by atoms with Gasteiger partial charge in [0.05, 0.1) is 11.5 Å². The largest absolute Gasteiger partial charge is 0.299 e. The summed E-state index contributed by atoms with van der Waals surface area (Å²) in [5.74, 6) is -2.12. The summed E-state index contributed by atoms with van der Waals surface area (Å²) in [6, 6.07) is 17.2. The molecule has 0 aliphatic rings. The van der Waals surface area contributed by atoms with E-state index in [2.05, 4.69) is 0 Å². The highest BCUT2D eigenvalue weighted by Crippen LogP contribution is 2.13. The van der Waals surface area contributed by atoms with Crippen LogP contribution in [-0.2, 0) is 9.59 Å². The summed E-state index contributed by atoms with van der Waals surface area (Å²) >= 11 is 0. The third kappa shape index (κ3) is 6.18. The topological polar surface area (TPSA) is 68.3 Å². The molecular weight excluding hydrogens is 364 g/mol. The molecule has 0 spiro atoms. The average molecular weight is 386 g/mol. The van der Waals surface area contributed by atoms with Crippen molar-refractivity contribution in [2.24, 2.45) is 5.92 Å². The lowest BCUT2D eigenvalue weighted by molar-refractivity contribution is -0.118. The Hall–Kier alpha value is -3.66. The van der Waals surface area contributed by atoms with Gasteiger partial charge in [0, 0.05) is 11.1 Å². The van der Waals surface area contributed by atoms with E-state index in [9.17, 15) is 19.2 Å². The Morgan fingerprint density at radius 1 is 0.724 bits per heavy atom. The highest BCUT2D eigenvalue weighted by molar-refractivity contribution is 6.25. The van der Waals surface area contributed by atoms with Gasteiger partial charge < -0.3 is 0 Å². The molecule has 4 nitrogen and oxygen atoms in total. The van der Waals surface area contributed by atoms with Gasteiger partial charge in [-0.2, -0.15) is 0 Å². The smallest absolute Gasteiger partial charge is 0.196 e. The van der Waals surface area contributed by atoms with Crippen LogP contribution in [0.15, 0.2) is 96.6 Å². The fourth-order valence-corrected chi connectivity index (χ4v) is 2.68. The molecule has 1 unspecified atom stereocenters. The summed E-state index contributed by atoms with van der Waals surface area (Å²) in [5.41, 5.74) is 0.959. The molecule has 1 atom stereocenters. The van der Waals surface area contributed by atoms with E-state index >= 15 is 0 Å². The molecule has 0 saturated carbocycles. The average Bonchev–Trinajstić information content (AvgIpc) is 2.73. The van der Waals surface area contributed by atoms with Crippen LogP contribution >= 0.6 is 0 Å². The number of rotatable bonds is 9. The molecule has 2 aromatic carbocycles. The molecule has 0 amide bonds. The van der Waals surface area contributed by atoms with E-state index in [1.54, 1.807) is 72.8 Å². The van der Waals surface area contributed by atoms with Crippen LogP contribution in [0, 0.1) is 5.92 Å². The van der Waals surface area contributed by atoms with E-state index in [-0.39, 0.29) is 28.7 Å². The second-order valence-electron chi connectivity index (χ2n) is 6.42. The lowest BCUT2D eigenvalue weighted by Crippen LogP contribution is -2.19. The quantitative estimate of drug-likeness (QED) is 0.208. The highest BCUT2D eigenvalue weighted by Gasteiger charge is 2.21. The second-order valence-corrected chi connectivity index (χ2v) is 6.42. The van der Waals surface area contributed by atoms with Crippen LogP contribution in [0.2, 0.25) is 0 Å². The molecule has 4 heteroatoms. The molecule has 0 radical (unpaired) electrons. The SMILES string of the molecule is CC(=O)C(=CC=CC=CC(C(C)=O)C(=O)c1ccccc1)C(=O)c1ccccc1. The molecule has 0 fully saturated rings. The first-order chi connectivity index (χ1) is 13.9. The van der Waals surface area contributed by atoms with E-state index < -0.39 is 5.92 Å². The van der Waals surface area contributed by atoms with Crippen LogP contribution in [0.3, 0.4) is 0 Å². The minimum atomic E-state index is -0.885. The number of carbonyl (C=O) groups is 4. The van der Waals surface area contributed by atoms with Crippen molar-refractivity contribution in [3.05, 3.63) is 108 Å². The number of Topliss-reactive ketones (excluding diaryl/α,β-unsaturated/α-hetero) is 4. The molecule has 0 aliphatic heterocycles. The first-order valence-electron chi connectivity index (χ1n) is 9.17. The van der Waals surface area contributed by atoms with Crippen LogP contribution in [0.4, 0.5) is 0 Å². The molecular formula is C25H22O4. The predicted octanol–water partition coefficient (Wildman–Crippen LogP) is 4.59. The molecule has 29 heavy (non-hydrogen) atoms. The molecule has 2 aromatic rings. The van der Waals surface area contributed by atoms with Gasteiger partial charge in [0.2, 0.25) is 0 Å². The summed E-state index contributed by atoms with van der Waals surface area (Å²) in [6.07, 6.45) is 7.63. The normalized spacial score (nSPS) is 12.8. The summed E-state index contributed by atoms with van der Waals surface area (Å²) in [4.78, 5) is 48.7. The molecule has 0 saturated heterocycles. The number of hydrogen-bond donors (Lipinski definition) is 0. The fraction of sp³-hybridized carbons (Fsp3) is 0.120. The van der Waals surface area contributed by atoms with Crippen molar-refractivity contribution in [3.63, 3.8) is 0 Å². The van der Waals surface area contributed by atoms with Crippen molar-refractivity contribution in [1.29, 1.82) is 0 Å². The number of hydrogen-bond acceptors (Lipinski definition) is 4. The number of allylic oxidation sites excluding steroid dienone is 6. The molecule has 0 heterocycles. The monoisotopic (exact) mass is 386 g/mol. The van der Waals surface area contributed by atoms with E-state index in [0.717, 1.165) is 0 Å². The first-order valence-corrected chi connectivity index (χ1v) is 9.17. The van der Waals surface area contributed by atoms with Crippen LogP contribution < -0.4 is 0 Å². The lowest BCUT2D eigenvalue weighted by Gasteiger charge is -2.07. The van der Waals surface area contributed by atoms with Crippen LogP contribution in [0.1, 0.15) is 34.6 Å². The Labute approximate surface area is 170 Å².